The normalized spacial score (nSPS) is 12.7. The lowest BCUT2D eigenvalue weighted by molar-refractivity contribution is 0.254. The number of carbonyl (C=O) groups excluding carboxylic acids is 1. The molecular weight excluding hydrogens is 252 g/mol. The first-order chi connectivity index (χ1) is 9.66. The molecule has 2 aromatic rings. The Kier molecular flexibility index (Phi) is 3.02. The van der Waals surface area contributed by atoms with Gasteiger partial charge in [-0.1, -0.05) is 18.2 Å². The molecule has 2 N–H and O–H groups in total. The predicted octanol–water partition coefficient (Wildman–Crippen LogP) is 2.99. The summed E-state index contributed by atoms with van der Waals surface area (Å²) >= 11 is 0. The topological polar surface area (TPSA) is 58.4 Å². The van der Waals surface area contributed by atoms with E-state index in [1.807, 2.05) is 38.1 Å². The molecular formula is C15H16N4O. The lowest BCUT2D eigenvalue weighted by Crippen LogP contribution is -2.23. The molecule has 20 heavy (non-hydrogen) atoms. The molecule has 0 atom stereocenters. The maximum absolute atomic E-state index is 12.4. The molecule has 0 saturated heterocycles. The molecule has 1 aromatic heterocycles. The third-order valence-electron chi connectivity index (χ3n) is 3.42. The van der Waals surface area contributed by atoms with Crippen molar-refractivity contribution in [3.05, 3.63) is 47.2 Å². The SMILES string of the molecule is Cc1cccc(C)c1NC(=O)n1ccc2c1NCN=C2. The number of aliphatic imine (C=N–C) groups is 1. The van der Waals surface area contributed by atoms with Crippen LogP contribution < -0.4 is 10.6 Å². The van der Waals surface area contributed by atoms with Crippen LogP contribution in [0.2, 0.25) is 0 Å². The number of aryl methyl sites for hydroxylation is 2. The maximum atomic E-state index is 12.4. The number of hydrogen-bond donors (Lipinski definition) is 2. The van der Waals surface area contributed by atoms with Crippen LogP contribution in [0.4, 0.5) is 16.3 Å². The Morgan fingerprint density at radius 1 is 1.30 bits per heavy atom. The highest BCUT2D eigenvalue weighted by atomic mass is 16.2. The van der Waals surface area contributed by atoms with Crippen molar-refractivity contribution < 1.29 is 4.79 Å². The predicted molar refractivity (Wildman–Crippen MR) is 80.8 cm³/mol. The smallest absolute Gasteiger partial charge is 0.331 e. The molecule has 2 heterocycles. The highest BCUT2D eigenvalue weighted by molar-refractivity contribution is 5.98. The van der Waals surface area contributed by atoms with Gasteiger partial charge in [-0.3, -0.25) is 9.56 Å². The average molecular weight is 268 g/mol. The molecule has 1 amide bonds. The summed E-state index contributed by atoms with van der Waals surface area (Å²) in [5.74, 6) is 0.781. The van der Waals surface area contributed by atoms with Crippen molar-refractivity contribution in [3.63, 3.8) is 0 Å². The molecule has 1 aliphatic heterocycles. The largest absolute Gasteiger partial charge is 0.351 e. The number of fused-ring (bicyclic) bond motifs is 1. The number of benzene rings is 1. The molecule has 5 heteroatoms. The van der Waals surface area contributed by atoms with Crippen molar-refractivity contribution >= 4 is 23.8 Å². The number of para-hydroxylation sites is 1. The Balaban J connectivity index is 1.91. The first-order valence-corrected chi connectivity index (χ1v) is 6.49. The molecule has 5 nitrogen and oxygen atoms in total. The van der Waals surface area contributed by atoms with E-state index in [0.29, 0.717) is 6.67 Å². The number of hydrogen-bond acceptors (Lipinski definition) is 3. The number of nitrogens with zero attached hydrogens (tertiary/aromatic N) is 2. The van der Waals surface area contributed by atoms with E-state index in [1.54, 1.807) is 17.0 Å². The molecule has 0 aliphatic carbocycles. The number of nitrogens with one attached hydrogen (secondary N) is 2. The van der Waals surface area contributed by atoms with Crippen molar-refractivity contribution in [1.82, 2.24) is 4.57 Å². The van der Waals surface area contributed by atoms with Crippen LogP contribution in [0, 0.1) is 13.8 Å². The third kappa shape index (κ3) is 2.07. The minimum absolute atomic E-state index is 0.175. The van der Waals surface area contributed by atoms with Gasteiger partial charge in [0.05, 0.1) is 0 Å². The summed E-state index contributed by atoms with van der Waals surface area (Å²) in [5.41, 5.74) is 3.89. The monoisotopic (exact) mass is 268 g/mol. The fraction of sp³-hybridized carbons (Fsp3) is 0.200. The van der Waals surface area contributed by atoms with Crippen LogP contribution in [0.5, 0.6) is 0 Å². The number of rotatable bonds is 1. The van der Waals surface area contributed by atoms with Crippen LogP contribution in [-0.2, 0) is 0 Å². The first-order valence-electron chi connectivity index (χ1n) is 6.49. The molecule has 1 aliphatic rings. The Morgan fingerprint density at radius 2 is 2.05 bits per heavy atom. The highest BCUT2D eigenvalue weighted by Gasteiger charge is 2.16. The van der Waals surface area contributed by atoms with Crippen molar-refractivity contribution in [2.75, 3.05) is 17.3 Å². The van der Waals surface area contributed by atoms with Gasteiger partial charge in [-0.05, 0) is 31.0 Å². The summed E-state index contributed by atoms with van der Waals surface area (Å²) in [6, 6.07) is 7.65. The second-order valence-electron chi connectivity index (χ2n) is 4.83. The minimum atomic E-state index is -0.175. The van der Waals surface area contributed by atoms with E-state index >= 15 is 0 Å². The summed E-state index contributed by atoms with van der Waals surface area (Å²) < 4.78 is 1.58. The number of amides is 1. The van der Waals surface area contributed by atoms with Crippen LogP contribution in [0.15, 0.2) is 35.5 Å². The summed E-state index contributed by atoms with van der Waals surface area (Å²) in [6.07, 6.45) is 3.52. The molecule has 1 aromatic carbocycles. The van der Waals surface area contributed by atoms with Gasteiger partial charge in [-0.15, -0.1) is 0 Å². The fourth-order valence-corrected chi connectivity index (χ4v) is 2.35. The van der Waals surface area contributed by atoms with Crippen LogP contribution in [-0.4, -0.2) is 23.5 Å². The van der Waals surface area contributed by atoms with Crippen molar-refractivity contribution in [1.29, 1.82) is 0 Å². The van der Waals surface area contributed by atoms with E-state index in [9.17, 15) is 4.79 Å². The summed E-state index contributed by atoms with van der Waals surface area (Å²) in [5, 5.41) is 6.08. The lowest BCUT2D eigenvalue weighted by Gasteiger charge is -2.15. The minimum Gasteiger partial charge on any atom is -0.351 e. The molecule has 0 bridgehead atoms. The van der Waals surface area contributed by atoms with Crippen LogP contribution in [0.3, 0.4) is 0 Å². The molecule has 0 unspecified atom stereocenters. The van der Waals surface area contributed by atoms with E-state index in [-0.39, 0.29) is 6.03 Å². The number of aromatic nitrogens is 1. The summed E-state index contributed by atoms with van der Waals surface area (Å²) in [7, 11) is 0. The van der Waals surface area contributed by atoms with E-state index < -0.39 is 0 Å². The lowest BCUT2D eigenvalue weighted by atomic mass is 10.1. The zero-order valence-electron chi connectivity index (χ0n) is 11.5. The van der Waals surface area contributed by atoms with Gasteiger partial charge in [-0.25, -0.2) is 4.79 Å². The Morgan fingerprint density at radius 3 is 2.80 bits per heavy atom. The third-order valence-corrected chi connectivity index (χ3v) is 3.42. The van der Waals surface area contributed by atoms with Crippen LogP contribution >= 0.6 is 0 Å². The van der Waals surface area contributed by atoms with E-state index in [1.165, 1.54) is 0 Å². The van der Waals surface area contributed by atoms with E-state index in [4.69, 9.17) is 0 Å². The Labute approximate surface area is 117 Å². The number of anilines is 2. The van der Waals surface area contributed by atoms with Gasteiger partial charge >= 0.3 is 6.03 Å². The molecule has 0 spiro atoms. The molecule has 0 saturated carbocycles. The number of carbonyl (C=O) groups is 1. The van der Waals surface area contributed by atoms with Crippen molar-refractivity contribution in [2.24, 2.45) is 4.99 Å². The second kappa shape index (κ2) is 4.85. The van der Waals surface area contributed by atoms with E-state index in [2.05, 4.69) is 15.6 Å². The molecule has 0 fully saturated rings. The Bertz CT molecular complexity index is 680. The first kappa shape index (κ1) is 12.5. The Hall–Kier alpha value is -2.56. The molecule has 3 rings (SSSR count). The van der Waals surface area contributed by atoms with Crippen LogP contribution in [0.25, 0.3) is 0 Å². The van der Waals surface area contributed by atoms with Gasteiger partial charge in [0, 0.05) is 23.7 Å². The fourth-order valence-electron chi connectivity index (χ4n) is 2.35. The van der Waals surface area contributed by atoms with E-state index in [0.717, 1.165) is 28.2 Å². The van der Waals surface area contributed by atoms with Gasteiger partial charge in [-0.2, -0.15) is 0 Å². The summed E-state index contributed by atoms with van der Waals surface area (Å²) in [4.78, 5) is 16.5. The summed E-state index contributed by atoms with van der Waals surface area (Å²) in [6.45, 7) is 4.46. The zero-order valence-corrected chi connectivity index (χ0v) is 11.5. The van der Waals surface area contributed by atoms with Gasteiger partial charge in [0.2, 0.25) is 0 Å². The van der Waals surface area contributed by atoms with Gasteiger partial charge < -0.3 is 10.6 Å². The molecule has 0 radical (unpaired) electrons. The maximum Gasteiger partial charge on any atom is 0.331 e. The standard InChI is InChI=1S/C15H16N4O/c1-10-4-3-5-11(2)13(10)18-15(20)19-7-6-12-8-16-9-17-14(12)19/h3-8,17H,9H2,1-2H3,(H,18,20). The van der Waals surface area contributed by atoms with Gasteiger partial charge in [0.15, 0.2) is 0 Å². The average Bonchev–Trinajstić information content (AvgIpc) is 2.87. The van der Waals surface area contributed by atoms with Crippen molar-refractivity contribution in [3.8, 4) is 0 Å². The second-order valence-corrected chi connectivity index (χ2v) is 4.83. The van der Waals surface area contributed by atoms with Gasteiger partial charge in [0.25, 0.3) is 0 Å². The van der Waals surface area contributed by atoms with Gasteiger partial charge in [0.1, 0.15) is 12.5 Å². The zero-order chi connectivity index (χ0) is 14.1. The molecule has 102 valence electrons. The highest BCUT2D eigenvalue weighted by Crippen LogP contribution is 2.22. The van der Waals surface area contributed by atoms with Crippen molar-refractivity contribution in [2.45, 2.75) is 13.8 Å². The van der Waals surface area contributed by atoms with Crippen LogP contribution in [0.1, 0.15) is 16.7 Å². The quantitative estimate of drug-likeness (QED) is 0.835.